The van der Waals surface area contributed by atoms with Crippen LogP contribution in [-0.2, 0) is 11.3 Å². The predicted molar refractivity (Wildman–Crippen MR) is 114 cm³/mol. The van der Waals surface area contributed by atoms with Gasteiger partial charge in [-0.25, -0.2) is 4.98 Å². The molecule has 0 spiro atoms. The molecular weight excluding hydrogens is 372 g/mol. The second-order valence-corrected chi connectivity index (χ2v) is 8.29. The molecule has 0 saturated carbocycles. The number of thiazole rings is 1. The number of carbonyl (C=O) groups excluding carboxylic acids is 1. The molecule has 0 aliphatic heterocycles. The van der Waals surface area contributed by atoms with Crippen molar-refractivity contribution in [3.8, 4) is 0 Å². The summed E-state index contributed by atoms with van der Waals surface area (Å²) < 4.78 is 2.08. The molecule has 0 aliphatic rings. The number of fused-ring (bicyclic) bond motifs is 1. The topological polar surface area (TPSA) is 33.2 Å². The van der Waals surface area contributed by atoms with E-state index in [0.717, 1.165) is 25.8 Å². The minimum atomic E-state index is 0.0781. The van der Waals surface area contributed by atoms with Gasteiger partial charge in [-0.1, -0.05) is 72.4 Å². The van der Waals surface area contributed by atoms with Gasteiger partial charge >= 0.3 is 0 Å². The van der Waals surface area contributed by atoms with E-state index < -0.39 is 0 Å². The highest BCUT2D eigenvalue weighted by Gasteiger charge is 2.17. The zero-order valence-corrected chi connectivity index (χ0v) is 16.2. The molecule has 1 aromatic heterocycles. The van der Waals surface area contributed by atoms with E-state index in [1.54, 1.807) is 11.3 Å². The number of hydrogen-bond donors (Lipinski definition) is 0. The van der Waals surface area contributed by atoms with Crippen LogP contribution in [0.4, 0.5) is 5.69 Å². The van der Waals surface area contributed by atoms with E-state index in [1.807, 2.05) is 83.8 Å². The number of para-hydroxylation sites is 2. The molecule has 0 saturated heterocycles. The van der Waals surface area contributed by atoms with E-state index in [-0.39, 0.29) is 5.91 Å². The summed E-state index contributed by atoms with van der Waals surface area (Å²) in [5, 5.41) is 0. The fourth-order valence-corrected chi connectivity index (χ4v) is 4.76. The highest BCUT2D eigenvalue weighted by atomic mass is 32.2. The summed E-state index contributed by atoms with van der Waals surface area (Å²) in [5.74, 6) is 0.441. The number of rotatable bonds is 6. The number of amides is 1. The third-order valence-corrected chi connectivity index (χ3v) is 6.31. The van der Waals surface area contributed by atoms with Crippen molar-refractivity contribution in [3.05, 3.63) is 90.5 Å². The largest absolute Gasteiger partial charge is 0.307 e. The second-order valence-electron chi connectivity index (χ2n) is 6.04. The summed E-state index contributed by atoms with van der Waals surface area (Å²) in [6, 6.07) is 28.0. The van der Waals surface area contributed by atoms with Crippen LogP contribution >= 0.6 is 23.1 Å². The molecule has 5 heteroatoms. The summed E-state index contributed by atoms with van der Waals surface area (Å²) >= 11 is 3.14. The summed E-state index contributed by atoms with van der Waals surface area (Å²) in [5.41, 5.74) is 3.01. The Bertz CT molecular complexity index is 999. The van der Waals surface area contributed by atoms with Crippen LogP contribution in [0, 0.1) is 0 Å². The molecule has 0 unspecified atom stereocenters. The van der Waals surface area contributed by atoms with Crippen LogP contribution in [0.3, 0.4) is 0 Å². The van der Waals surface area contributed by atoms with Gasteiger partial charge in [0, 0.05) is 5.69 Å². The first kappa shape index (κ1) is 17.8. The minimum Gasteiger partial charge on any atom is -0.307 e. The Hall–Kier alpha value is -2.63. The van der Waals surface area contributed by atoms with Crippen molar-refractivity contribution in [1.29, 1.82) is 0 Å². The maximum absolute atomic E-state index is 13.0. The lowest BCUT2D eigenvalue weighted by Gasteiger charge is -2.22. The SMILES string of the molecule is O=C(CSc1nc2ccccc2s1)N(Cc1ccccc1)c1ccccc1. The van der Waals surface area contributed by atoms with Gasteiger partial charge in [0.15, 0.2) is 4.34 Å². The van der Waals surface area contributed by atoms with Gasteiger partial charge in [-0.05, 0) is 29.8 Å². The maximum Gasteiger partial charge on any atom is 0.237 e. The van der Waals surface area contributed by atoms with E-state index in [1.165, 1.54) is 11.8 Å². The number of aromatic nitrogens is 1. The van der Waals surface area contributed by atoms with Crippen molar-refractivity contribution < 1.29 is 4.79 Å². The fourth-order valence-electron chi connectivity index (χ4n) is 2.81. The standard InChI is InChI=1S/C22H18N2OS2/c25-21(16-26-22-23-19-13-7-8-14-20(19)27-22)24(18-11-5-2-6-12-18)15-17-9-3-1-4-10-17/h1-14H,15-16H2. The van der Waals surface area contributed by atoms with Gasteiger partial charge < -0.3 is 4.90 Å². The Morgan fingerprint density at radius 1 is 0.889 bits per heavy atom. The molecule has 4 rings (SSSR count). The summed E-state index contributed by atoms with van der Waals surface area (Å²) in [7, 11) is 0. The molecule has 0 fully saturated rings. The molecule has 0 bridgehead atoms. The van der Waals surface area contributed by atoms with Crippen molar-refractivity contribution in [2.24, 2.45) is 0 Å². The lowest BCUT2D eigenvalue weighted by molar-refractivity contribution is -0.116. The fraction of sp³-hybridized carbons (Fsp3) is 0.0909. The van der Waals surface area contributed by atoms with E-state index in [4.69, 9.17) is 0 Å². The normalized spacial score (nSPS) is 10.8. The van der Waals surface area contributed by atoms with E-state index in [0.29, 0.717) is 12.3 Å². The van der Waals surface area contributed by atoms with Gasteiger partial charge in [-0.15, -0.1) is 11.3 Å². The molecule has 4 aromatic rings. The van der Waals surface area contributed by atoms with Crippen LogP contribution in [0.1, 0.15) is 5.56 Å². The number of nitrogens with zero attached hydrogens (tertiary/aromatic N) is 2. The van der Waals surface area contributed by atoms with Crippen molar-refractivity contribution in [2.45, 2.75) is 10.9 Å². The molecular formula is C22H18N2OS2. The average molecular weight is 391 g/mol. The molecule has 3 aromatic carbocycles. The van der Waals surface area contributed by atoms with Gasteiger partial charge in [-0.3, -0.25) is 4.79 Å². The second kappa shape index (κ2) is 8.37. The van der Waals surface area contributed by atoms with Crippen LogP contribution in [0.25, 0.3) is 10.2 Å². The van der Waals surface area contributed by atoms with Gasteiger partial charge in [0.25, 0.3) is 0 Å². The molecule has 134 valence electrons. The van der Waals surface area contributed by atoms with E-state index >= 15 is 0 Å². The Morgan fingerprint density at radius 3 is 2.30 bits per heavy atom. The molecule has 1 amide bonds. The molecule has 0 radical (unpaired) electrons. The minimum absolute atomic E-state index is 0.0781. The van der Waals surface area contributed by atoms with Gasteiger partial charge in [0.1, 0.15) is 0 Å². The van der Waals surface area contributed by atoms with Gasteiger partial charge in [0.05, 0.1) is 22.5 Å². The highest BCUT2D eigenvalue weighted by Crippen LogP contribution is 2.30. The zero-order chi connectivity index (χ0) is 18.5. The van der Waals surface area contributed by atoms with Crippen LogP contribution in [0.5, 0.6) is 0 Å². The van der Waals surface area contributed by atoms with E-state index in [9.17, 15) is 4.79 Å². The zero-order valence-electron chi connectivity index (χ0n) is 14.6. The lowest BCUT2D eigenvalue weighted by atomic mass is 10.2. The van der Waals surface area contributed by atoms with Crippen molar-refractivity contribution in [1.82, 2.24) is 4.98 Å². The molecule has 0 N–H and O–H groups in total. The first-order chi connectivity index (χ1) is 13.3. The quantitative estimate of drug-likeness (QED) is 0.401. The summed E-state index contributed by atoms with van der Waals surface area (Å²) in [4.78, 5) is 19.5. The maximum atomic E-state index is 13.0. The number of benzene rings is 3. The third kappa shape index (κ3) is 4.38. The Balaban J connectivity index is 1.51. The Morgan fingerprint density at radius 2 is 1.56 bits per heavy atom. The average Bonchev–Trinajstić information content (AvgIpc) is 3.15. The van der Waals surface area contributed by atoms with Crippen molar-refractivity contribution in [2.75, 3.05) is 10.7 Å². The van der Waals surface area contributed by atoms with Crippen molar-refractivity contribution >= 4 is 44.9 Å². The van der Waals surface area contributed by atoms with Crippen LogP contribution in [0.15, 0.2) is 89.3 Å². The van der Waals surface area contributed by atoms with Gasteiger partial charge in [0.2, 0.25) is 5.91 Å². The van der Waals surface area contributed by atoms with Crippen LogP contribution in [-0.4, -0.2) is 16.6 Å². The van der Waals surface area contributed by atoms with Crippen LogP contribution < -0.4 is 4.90 Å². The molecule has 0 aliphatic carbocycles. The van der Waals surface area contributed by atoms with Gasteiger partial charge in [-0.2, -0.15) is 0 Å². The monoisotopic (exact) mass is 390 g/mol. The molecule has 0 atom stereocenters. The predicted octanol–water partition coefficient (Wildman–Crippen LogP) is 5.62. The molecule has 1 heterocycles. The van der Waals surface area contributed by atoms with Crippen LogP contribution in [0.2, 0.25) is 0 Å². The number of thioether (sulfide) groups is 1. The Kier molecular flexibility index (Phi) is 5.51. The Labute approximate surface area is 166 Å². The van der Waals surface area contributed by atoms with E-state index in [2.05, 4.69) is 11.1 Å². The molecule has 3 nitrogen and oxygen atoms in total. The highest BCUT2D eigenvalue weighted by molar-refractivity contribution is 8.01. The number of carbonyl (C=O) groups is 1. The smallest absolute Gasteiger partial charge is 0.237 e. The lowest BCUT2D eigenvalue weighted by Crippen LogP contribution is -2.31. The summed E-state index contributed by atoms with van der Waals surface area (Å²) in [6.45, 7) is 0.560. The number of hydrogen-bond acceptors (Lipinski definition) is 4. The first-order valence-corrected chi connectivity index (χ1v) is 10.5. The summed E-state index contributed by atoms with van der Waals surface area (Å²) in [6.07, 6.45) is 0. The first-order valence-electron chi connectivity index (χ1n) is 8.67. The number of anilines is 1. The van der Waals surface area contributed by atoms with Crippen molar-refractivity contribution in [3.63, 3.8) is 0 Å². The third-order valence-electron chi connectivity index (χ3n) is 4.15. The molecule has 27 heavy (non-hydrogen) atoms.